The van der Waals surface area contributed by atoms with Gasteiger partial charge in [-0.3, -0.25) is 19.4 Å². The number of hydrogen-bond donors (Lipinski definition) is 2. The molecule has 3 rings (SSSR count). The number of hydrogen-bond acceptors (Lipinski definition) is 4. The first-order chi connectivity index (χ1) is 14.7. The van der Waals surface area contributed by atoms with Crippen LogP contribution in [-0.4, -0.2) is 60.4 Å². The molecule has 2 aromatic rings. The highest BCUT2D eigenvalue weighted by Crippen LogP contribution is 2.16. The molecule has 0 aliphatic carbocycles. The summed E-state index contributed by atoms with van der Waals surface area (Å²) in [5, 5.41) is 6.02. The van der Waals surface area contributed by atoms with Gasteiger partial charge in [0.15, 0.2) is 0 Å². The zero-order chi connectivity index (χ0) is 22.5. The molecule has 1 unspecified atom stereocenters. The van der Waals surface area contributed by atoms with Gasteiger partial charge in [-0.2, -0.15) is 0 Å². The van der Waals surface area contributed by atoms with E-state index in [1.807, 2.05) is 52.0 Å². The van der Waals surface area contributed by atoms with Crippen molar-refractivity contribution in [3.8, 4) is 0 Å². The average molecular weight is 423 g/mol. The van der Waals surface area contributed by atoms with Crippen molar-refractivity contribution in [3.63, 3.8) is 0 Å². The lowest BCUT2D eigenvalue weighted by Crippen LogP contribution is -2.54. The van der Waals surface area contributed by atoms with Crippen LogP contribution in [0.25, 0.3) is 0 Å². The largest absolute Gasteiger partial charge is 0.325 e. The van der Waals surface area contributed by atoms with E-state index >= 15 is 0 Å². The Morgan fingerprint density at radius 1 is 0.774 bits per heavy atom. The minimum absolute atomic E-state index is 0.00166. The van der Waals surface area contributed by atoms with Gasteiger partial charge in [0.25, 0.3) is 0 Å². The van der Waals surface area contributed by atoms with E-state index in [1.165, 1.54) is 0 Å². The van der Waals surface area contributed by atoms with Crippen LogP contribution in [0.1, 0.15) is 29.2 Å². The van der Waals surface area contributed by atoms with E-state index < -0.39 is 0 Å². The van der Waals surface area contributed by atoms with Gasteiger partial charge < -0.3 is 10.6 Å². The Hall–Kier alpha value is -2.70. The maximum Gasteiger partial charge on any atom is 0.238 e. The van der Waals surface area contributed by atoms with Gasteiger partial charge in [-0.25, -0.2) is 0 Å². The second-order valence-corrected chi connectivity index (χ2v) is 8.90. The first kappa shape index (κ1) is 23.0. The van der Waals surface area contributed by atoms with Crippen molar-refractivity contribution in [1.29, 1.82) is 0 Å². The van der Waals surface area contributed by atoms with Gasteiger partial charge in [-0.05, 0) is 81.1 Å². The fraction of sp³-hybridized carbons (Fsp3) is 0.440. The zero-order valence-corrected chi connectivity index (χ0v) is 19.3. The van der Waals surface area contributed by atoms with E-state index in [2.05, 4.69) is 39.5 Å². The highest BCUT2D eigenvalue weighted by molar-refractivity contribution is 5.93. The van der Waals surface area contributed by atoms with E-state index in [9.17, 15) is 9.59 Å². The molecule has 0 bridgehead atoms. The molecular weight excluding hydrogens is 388 g/mol. The SMILES string of the molecule is Cc1cc(C)cc(NC(=O)CN2CCN(CC(=O)Nc3cc(C)cc(C)c3)C(C)C2)c1. The number of carbonyl (C=O) groups excluding carboxylic acids is 2. The molecular formula is C25H34N4O2. The third-order valence-electron chi connectivity index (χ3n) is 5.57. The van der Waals surface area contributed by atoms with Crippen LogP contribution in [0.2, 0.25) is 0 Å². The average Bonchev–Trinajstić information content (AvgIpc) is 2.62. The number of nitrogens with zero attached hydrogens (tertiary/aromatic N) is 2. The van der Waals surface area contributed by atoms with Crippen molar-refractivity contribution in [2.45, 2.75) is 40.7 Å². The van der Waals surface area contributed by atoms with Crippen LogP contribution in [0.5, 0.6) is 0 Å². The fourth-order valence-corrected chi connectivity index (χ4v) is 4.33. The summed E-state index contributed by atoms with van der Waals surface area (Å²) in [6.45, 7) is 13.2. The molecule has 1 aliphatic heterocycles. The monoisotopic (exact) mass is 422 g/mol. The molecule has 166 valence electrons. The predicted molar refractivity (Wildman–Crippen MR) is 127 cm³/mol. The minimum atomic E-state index is -0.00198. The molecule has 2 N–H and O–H groups in total. The fourth-order valence-electron chi connectivity index (χ4n) is 4.33. The van der Waals surface area contributed by atoms with E-state index in [1.54, 1.807) is 0 Å². The highest BCUT2D eigenvalue weighted by atomic mass is 16.2. The summed E-state index contributed by atoms with van der Waals surface area (Å²) in [6.07, 6.45) is 0. The minimum Gasteiger partial charge on any atom is -0.325 e. The van der Waals surface area contributed by atoms with E-state index in [-0.39, 0.29) is 17.9 Å². The van der Waals surface area contributed by atoms with Crippen LogP contribution in [0.4, 0.5) is 11.4 Å². The molecule has 1 heterocycles. The summed E-state index contributed by atoms with van der Waals surface area (Å²) in [5.41, 5.74) is 6.23. The van der Waals surface area contributed by atoms with Crippen molar-refractivity contribution < 1.29 is 9.59 Å². The van der Waals surface area contributed by atoms with Crippen molar-refractivity contribution in [2.24, 2.45) is 0 Å². The van der Waals surface area contributed by atoms with Crippen molar-refractivity contribution >= 4 is 23.2 Å². The van der Waals surface area contributed by atoms with E-state index in [0.717, 1.165) is 53.3 Å². The second kappa shape index (κ2) is 10.1. The molecule has 1 aliphatic rings. The zero-order valence-electron chi connectivity index (χ0n) is 19.3. The van der Waals surface area contributed by atoms with Gasteiger partial charge in [0.1, 0.15) is 0 Å². The molecule has 0 saturated carbocycles. The van der Waals surface area contributed by atoms with E-state index in [4.69, 9.17) is 0 Å². The lowest BCUT2D eigenvalue weighted by molar-refractivity contribution is -0.120. The number of carbonyl (C=O) groups is 2. The molecule has 0 radical (unpaired) electrons. The Morgan fingerprint density at radius 2 is 1.23 bits per heavy atom. The smallest absolute Gasteiger partial charge is 0.238 e. The molecule has 31 heavy (non-hydrogen) atoms. The van der Waals surface area contributed by atoms with Crippen LogP contribution < -0.4 is 10.6 Å². The summed E-state index contributed by atoms with van der Waals surface area (Å²) in [5.74, 6) is -0.00364. The Labute approximate surface area is 185 Å². The number of aryl methyl sites for hydroxylation is 4. The van der Waals surface area contributed by atoms with Crippen LogP contribution in [0.3, 0.4) is 0 Å². The molecule has 2 amide bonds. The van der Waals surface area contributed by atoms with Gasteiger partial charge >= 0.3 is 0 Å². The number of amides is 2. The van der Waals surface area contributed by atoms with Gasteiger partial charge in [0.2, 0.25) is 11.8 Å². The number of anilines is 2. The highest BCUT2D eigenvalue weighted by Gasteiger charge is 2.26. The lowest BCUT2D eigenvalue weighted by atomic mass is 10.1. The number of piperazine rings is 1. The van der Waals surface area contributed by atoms with Crippen molar-refractivity contribution in [2.75, 3.05) is 43.4 Å². The number of benzene rings is 2. The summed E-state index contributed by atoms with van der Waals surface area (Å²) in [6, 6.07) is 12.3. The molecule has 1 atom stereocenters. The predicted octanol–water partition coefficient (Wildman–Crippen LogP) is 3.50. The quantitative estimate of drug-likeness (QED) is 0.748. The van der Waals surface area contributed by atoms with Crippen LogP contribution in [0, 0.1) is 27.7 Å². The maximum atomic E-state index is 12.5. The summed E-state index contributed by atoms with van der Waals surface area (Å²) >= 11 is 0. The summed E-state index contributed by atoms with van der Waals surface area (Å²) < 4.78 is 0. The Balaban J connectivity index is 1.47. The van der Waals surface area contributed by atoms with Gasteiger partial charge in [0.05, 0.1) is 13.1 Å². The normalized spacial score (nSPS) is 17.4. The third-order valence-corrected chi connectivity index (χ3v) is 5.57. The molecule has 1 fully saturated rings. The number of rotatable bonds is 6. The Kier molecular flexibility index (Phi) is 7.46. The molecule has 6 heteroatoms. The van der Waals surface area contributed by atoms with Gasteiger partial charge in [-0.15, -0.1) is 0 Å². The lowest BCUT2D eigenvalue weighted by Gasteiger charge is -2.39. The first-order valence-electron chi connectivity index (χ1n) is 10.9. The first-order valence-corrected chi connectivity index (χ1v) is 10.9. The molecule has 6 nitrogen and oxygen atoms in total. The van der Waals surface area contributed by atoms with Crippen molar-refractivity contribution in [1.82, 2.24) is 9.80 Å². The second-order valence-electron chi connectivity index (χ2n) is 8.90. The third kappa shape index (κ3) is 6.91. The molecule has 0 aromatic heterocycles. The van der Waals surface area contributed by atoms with Crippen LogP contribution >= 0.6 is 0 Å². The van der Waals surface area contributed by atoms with Gasteiger partial charge in [0, 0.05) is 37.1 Å². The Bertz CT molecular complexity index is 916. The van der Waals surface area contributed by atoms with Crippen LogP contribution in [-0.2, 0) is 9.59 Å². The molecule has 1 saturated heterocycles. The van der Waals surface area contributed by atoms with Crippen molar-refractivity contribution in [3.05, 3.63) is 58.7 Å². The summed E-state index contributed by atoms with van der Waals surface area (Å²) in [7, 11) is 0. The Morgan fingerprint density at radius 3 is 1.68 bits per heavy atom. The summed E-state index contributed by atoms with van der Waals surface area (Å²) in [4.78, 5) is 29.4. The standard InChI is InChI=1S/C25H34N4O2/c1-17-8-18(2)11-22(10-17)26-24(30)15-28-6-7-29(21(5)14-28)16-25(31)27-23-12-19(3)9-20(4)13-23/h8-13,21H,6-7,14-16H2,1-5H3,(H,26,30)(H,27,31). The number of nitrogens with one attached hydrogen (secondary N) is 2. The van der Waals surface area contributed by atoms with E-state index in [0.29, 0.717) is 13.1 Å². The molecule has 2 aromatic carbocycles. The molecule has 0 spiro atoms. The van der Waals surface area contributed by atoms with Crippen LogP contribution in [0.15, 0.2) is 36.4 Å². The van der Waals surface area contributed by atoms with Gasteiger partial charge in [-0.1, -0.05) is 12.1 Å². The maximum absolute atomic E-state index is 12.5. The topological polar surface area (TPSA) is 64.7 Å².